The third kappa shape index (κ3) is 3.91. The molecule has 3 heterocycles. The lowest BCUT2D eigenvalue weighted by molar-refractivity contribution is 0.0697. The molecule has 1 amide bonds. The van der Waals surface area contributed by atoms with Crippen LogP contribution in [-0.2, 0) is 25.9 Å². The van der Waals surface area contributed by atoms with Gasteiger partial charge in [0, 0.05) is 11.3 Å². The molecular weight excluding hydrogens is 397 g/mol. The van der Waals surface area contributed by atoms with Gasteiger partial charge < -0.3 is 13.7 Å². The van der Waals surface area contributed by atoms with Crippen LogP contribution in [0, 0.1) is 5.82 Å². The van der Waals surface area contributed by atoms with E-state index < -0.39 is 0 Å². The number of carbonyl (C=O) groups excluding carboxylic acids is 1. The van der Waals surface area contributed by atoms with E-state index in [1.54, 1.807) is 46.4 Å². The summed E-state index contributed by atoms with van der Waals surface area (Å²) in [5, 5.41) is 4.71. The number of aromatic nitrogens is 2. The van der Waals surface area contributed by atoms with Gasteiger partial charge in [0.25, 0.3) is 5.91 Å². The van der Waals surface area contributed by atoms with Gasteiger partial charge in [-0.1, -0.05) is 0 Å². The number of nitrogens with zero attached hydrogens (tertiary/aromatic N) is 3. The Bertz CT molecular complexity index is 1130. The van der Waals surface area contributed by atoms with Gasteiger partial charge in [0.1, 0.15) is 17.3 Å². The van der Waals surface area contributed by atoms with Gasteiger partial charge in [-0.2, -0.15) is 5.10 Å². The Kier molecular flexibility index (Phi) is 5.16. The lowest BCUT2D eigenvalue weighted by atomic mass is 9.95. The SMILES string of the molecule is O=C(c1nn(-c2ccc(F)cc2)c2c1CCCC2)N(Cc1ccco1)Cc1ccco1. The largest absolute Gasteiger partial charge is 0.467 e. The van der Waals surface area contributed by atoms with E-state index in [4.69, 9.17) is 13.9 Å². The van der Waals surface area contributed by atoms with E-state index >= 15 is 0 Å². The molecule has 158 valence electrons. The van der Waals surface area contributed by atoms with E-state index in [9.17, 15) is 9.18 Å². The van der Waals surface area contributed by atoms with Gasteiger partial charge in [-0.05, 0) is 74.2 Å². The molecule has 0 fully saturated rings. The summed E-state index contributed by atoms with van der Waals surface area (Å²) in [7, 11) is 0. The number of amides is 1. The van der Waals surface area contributed by atoms with Crippen LogP contribution in [-0.4, -0.2) is 20.6 Å². The highest BCUT2D eigenvalue weighted by molar-refractivity contribution is 5.94. The molecule has 0 saturated heterocycles. The van der Waals surface area contributed by atoms with Crippen molar-refractivity contribution in [1.29, 1.82) is 0 Å². The van der Waals surface area contributed by atoms with Crippen LogP contribution < -0.4 is 0 Å². The standard InChI is InChI=1S/C24H22FN3O3/c25-17-9-11-18(12-10-17)28-22-8-2-1-7-21(22)23(26-28)24(29)27(15-19-5-3-13-30-19)16-20-6-4-14-31-20/h3-6,9-14H,1-2,7-8,15-16H2. The first kappa shape index (κ1) is 19.4. The minimum atomic E-state index is -0.302. The number of furan rings is 2. The molecule has 3 aromatic heterocycles. The zero-order valence-corrected chi connectivity index (χ0v) is 17.0. The average molecular weight is 419 g/mol. The van der Waals surface area contributed by atoms with Gasteiger partial charge >= 0.3 is 0 Å². The van der Waals surface area contributed by atoms with Crippen LogP contribution >= 0.6 is 0 Å². The smallest absolute Gasteiger partial charge is 0.275 e. The Morgan fingerprint density at radius 2 is 1.61 bits per heavy atom. The van der Waals surface area contributed by atoms with Crippen molar-refractivity contribution < 1.29 is 18.0 Å². The molecule has 0 atom stereocenters. The zero-order valence-electron chi connectivity index (χ0n) is 17.0. The molecule has 0 bridgehead atoms. The Hall–Kier alpha value is -3.61. The highest BCUT2D eigenvalue weighted by Gasteiger charge is 2.29. The number of benzene rings is 1. The van der Waals surface area contributed by atoms with Gasteiger partial charge in [0.05, 0.1) is 31.3 Å². The molecule has 0 N–H and O–H groups in total. The van der Waals surface area contributed by atoms with E-state index in [1.807, 2.05) is 12.1 Å². The lowest BCUT2D eigenvalue weighted by Gasteiger charge is -2.21. The summed E-state index contributed by atoms with van der Waals surface area (Å²) in [6, 6.07) is 13.5. The van der Waals surface area contributed by atoms with Crippen LogP contribution in [0.25, 0.3) is 5.69 Å². The third-order valence-corrected chi connectivity index (χ3v) is 5.59. The topological polar surface area (TPSA) is 64.4 Å². The van der Waals surface area contributed by atoms with Crippen molar-refractivity contribution in [2.24, 2.45) is 0 Å². The molecule has 5 rings (SSSR count). The number of carbonyl (C=O) groups is 1. The summed E-state index contributed by atoms with van der Waals surface area (Å²) in [6.45, 7) is 0.620. The quantitative estimate of drug-likeness (QED) is 0.445. The molecule has 1 aliphatic carbocycles. The molecule has 1 aliphatic rings. The molecule has 0 spiro atoms. The van der Waals surface area contributed by atoms with Crippen LogP contribution in [0.2, 0.25) is 0 Å². The van der Waals surface area contributed by atoms with Gasteiger partial charge in [0.15, 0.2) is 5.69 Å². The molecule has 1 aromatic carbocycles. The van der Waals surface area contributed by atoms with Crippen LogP contribution in [0.3, 0.4) is 0 Å². The molecule has 7 heteroatoms. The number of hydrogen-bond acceptors (Lipinski definition) is 4. The van der Waals surface area contributed by atoms with Crippen LogP contribution in [0.5, 0.6) is 0 Å². The second-order valence-electron chi connectivity index (χ2n) is 7.69. The lowest BCUT2D eigenvalue weighted by Crippen LogP contribution is -2.31. The number of hydrogen-bond donors (Lipinski definition) is 0. The Balaban J connectivity index is 1.53. The Labute approximate surface area is 178 Å². The minimum absolute atomic E-state index is 0.174. The fourth-order valence-corrected chi connectivity index (χ4v) is 4.10. The van der Waals surface area contributed by atoms with Crippen molar-refractivity contribution in [2.45, 2.75) is 38.8 Å². The monoisotopic (exact) mass is 419 g/mol. The van der Waals surface area contributed by atoms with Crippen molar-refractivity contribution in [3.8, 4) is 5.69 Å². The second-order valence-corrected chi connectivity index (χ2v) is 7.69. The maximum atomic E-state index is 13.7. The summed E-state index contributed by atoms with van der Waals surface area (Å²) in [4.78, 5) is 15.4. The molecule has 0 radical (unpaired) electrons. The van der Waals surface area contributed by atoms with Gasteiger partial charge in [-0.25, -0.2) is 9.07 Å². The van der Waals surface area contributed by atoms with Crippen molar-refractivity contribution >= 4 is 5.91 Å². The first-order valence-electron chi connectivity index (χ1n) is 10.4. The van der Waals surface area contributed by atoms with Crippen LogP contribution in [0.1, 0.15) is 46.1 Å². The molecule has 0 aliphatic heterocycles. The first-order chi connectivity index (χ1) is 15.2. The normalized spacial score (nSPS) is 13.2. The molecule has 0 saturated carbocycles. The van der Waals surface area contributed by atoms with Gasteiger partial charge in [0.2, 0.25) is 0 Å². The van der Waals surface area contributed by atoms with Crippen molar-refractivity contribution in [3.05, 3.63) is 95.3 Å². The summed E-state index contributed by atoms with van der Waals surface area (Å²) >= 11 is 0. The van der Waals surface area contributed by atoms with E-state index in [1.165, 1.54) is 12.1 Å². The van der Waals surface area contributed by atoms with E-state index in [0.717, 1.165) is 42.6 Å². The first-order valence-corrected chi connectivity index (χ1v) is 10.4. The van der Waals surface area contributed by atoms with Crippen LogP contribution in [0.4, 0.5) is 4.39 Å². The van der Waals surface area contributed by atoms with Gasteiger partial charge in [-0.3, -0.25) is 4.79 Å². The molecule has 0 unspecified atom stereocenters. The highest BCUT2D eigenvalue weighted by Crippen LogP contribution is 2.28. The predicted octanol–water partition coefficient (Wildman–Crippen LogP) is 4.92. The van der Waals surface area contributed by atoms with Crippen molar-refractivity contribution in [1.82, 2.24) is 14.7 Å². The maximum absolute atomic E-state index is 13.7. The Morgan fingerprint density at radius 3 is 2.23 bits per heavy atom. The van der Waals surface area contributed by atoms with Crippen molar-refractivity contribution in [3.63, 3.8) is 0 Å². The number of fused-ring (bicyclic) bond motifs is 1. The zero-order chi connectivity index (χ0) is 21.2. The number of rotatable bonds is 6. The van der Waals surface area contributed by atoms with Gasteiger partial charge in [-0.15, -0.1) is 0 Å². The summed E-state index contributed by atoms with van der Waals surface area (Å²) in [5.74, 6) is 0.898. The van der Waals surface area contributed by atoms with Crippen LogP contribution in [0.15, 0.2) is 69.9 Å². The minimum Gasteiger partial charge on any atom is -0.467 e. The van der Waals surface area contributed by atoms with E-state index in [0.29, 0.717) is 30.3 Å². The maximum Gasteiger partial charge on any atom is 0.275 e. The van der Waals surface area contributed by atoms with E-state index in [2.05, 4.69) is 0 Å². The second kappa shape index (κ2) is 8.26. The summed E-state index contributed by atoms with van der Waals surface area (Å²) in [6.07, 6.45) is 6.87. The van der Waals surface area contributed by atoms with Crippen molar-refractivity contribution in [2.75, 3.05) is 0 Å². The predicted molar refractivity (Wildman–Crippen MR) is 111 cm³/mol. The summed E-state index contributed by atoms with van der Waals surface area (Å²) < 4.78 is 26.2. The molecule has 6 nitrogen and oxygen atoms in total. The molecule has 31 heavy (non-hydrogen) atoms. The third-order valence-electron chi connectivity index (χ3n) is 5.59. The fraction of sp³-hybridized carbons (Fsp3) is 0.250. The summed E-state index contributed by atoms with van der Waals surface area (Å²) in [5.41, 5.74) is 3.20. The molecular formula is C24H22FN3O3. The number of halogens is 1. The van der Waals surface area contributed by atoms with E-state index in [-0.39, 0.29) is 11.7 Å². The highest BCUT2D eigenvalue weighted by atomic mass is 19.1. The molecule has 4 aromatic rings. The Morgan fingerprint density at radius 1 is 0.968 bits per heavy atom. The average Bonchev–Trinajstić information content (AvgIpc) is 3.55. The fourth-order valence-electron chi connectivity index (χ4n) is 4.10.